The summed E-state index contributed by atoms with van der Waals surface area (Å²) in [4.78, 5) is 11.8. The first-order valence-corrected chi connectivity index (χ1v) is 5.29. The summed E-state index contributed by atoms with van der Waals surface area (Å²) >= 11 is 0. The van der Waals surface area contributed by atoms with Gasteiger partial charge in [0.2, 0.25) is 0 Å². The number of carboxylic acid groups (broad SMARTS) is 1. The highest BCUT2D eigenvalue weighted by Crippen LogP contribution is 2.06. The first-order chi connectivity index (χ1) is 6.95. The van der Waals surface area contributed by atoms with Gasteiger partial charge in [-0.15, -0.1) is 0 Å². The number of carboxylic acids is 1. The largest absolute Gasteiger partial charge is 0.481 e. The molecular formula is C10H21NO4. The second-order valence-corrected chi connectivity index (χ2v) is 3.71. The van der Waals surface area contributed by atoms with Crippen molar-refractivity contribution in [2.24, 2.45) is 0 Å². The number of hydrogen-bond acceptors (Lipinski definition) is 4. The van der Waals surface area contributed by atoms with Gasteiger partial charge in [-0.1, -0.05) is 6.42 Å². The molecule has 0 aromatic carbocycles. The third-order valence-corrected chi connectivity index (χ3v) is 2.27. The van der Waals surface area contributed by atoms with Crippen LogP contribution in [0.4, 0.5) is 0 Å². The van der Waals surface area contributed by atoms with Crippen LogP contribution in [-0.4, -0.2) is 45.2 Å². The van der Waals surface area contributed by atoms with Crippen LogP contribution in [0.15, 0.2) is 0 Å². The Morgan fingerprint density at radius 2 is 1.67 bits per heavy atom. The molecule has 0 radical (unpaired) electrons. The summed E-state index contributed by atoms with van der Waals surface area (Å²) in [6, 6.07) is 0. The van der Waals surface area contributed by atoms with Crippen molar-refractivity contribution in [1.82, 2.24) is 4.90 Å². The summed E-state index contributed by atoms with van der Waals surface area (Å²) in [5, 5.41) is 27.0. The van der Waals surface area contributed by atoms with Crippen molar-refractivity contribution in [3.8, 4) is 0 Å². The van der Waals surface area contributed by atoms with Gasteiger partial charge in [-0.3, -0.25) is 9.69 Å². The van der Waals surface area contributed by atoms with E-state index >= 15 is 0 Å². The Morgan fingerprint density at radius 1 is 1.13 bits per heavy atom. The molecule has 90 valence electrons. The third-order valence-electron chi connectivity index (χ3n) is 2.27. The third kappa shape index (κ3) is 7.30. The molecule has 0 spiro atoms. The van der Waals surface area contributed by atoms with Gasteiger partial charge < -0.3 is 15.3 Å². The fourth-order valence-corrected chi connectivity index (χ4v) is 1.43. The highest BCUT2D eigenvalue weighted by atomic mass is 16.4. The number of rotatable bonds is 8. The molecule has 0 aromatic heterocycles. The molecule has 0 saturated carbocycles. The van der Waals surface area contributed by atoms with E-state index in [0.717, 1.165) is 12.8 Å². The molecule has 0 aliphatic heterocycles. The SMILES string of the molecule is CC(O)N(CCCCCC(=O)O)C(C)O. The van der Waals surface area contributed by atoms with Gasteiger partial charge in [0, 0.05) is 13.0 Å². The van der Waals surface area contributed by atoms with Crippen molar-refractivity contribution >= 4 is 5.97 Å². The minimum atomic E-state index is -0.780. The van der Waals surface area contributed by atoms with E-state index in [-0.39, 0.29) is 6.42 Å². The lowest BCUT2D eigenvalue weighted by molar-refractivity contribution is -0.137. The van der Waals surface area contributed by atoms with E-state index in [9.17, 15) is 15.0 Å². The maximum Gasteiger partial charge on any atom is 0.303 e. The van der Waals surface area contributed by atoms with E-state index < -0.39 is 18.4 Å². The molecule has 0 fully saturated rings. The maximum absolute atomic E-state index is 10.2. The lowest BCUT2D eigenvalue weighted by Crippen LogP contribution is -2.40. The number of nitrogens with zero attached hydrogens (tertiary/aromatic N) is 1. The zero-order chi connectivity index (χ0) is 11.8. The zero-order valence-corrected chi connectivity index (χ0v) is 9.39. The fraction of sp³-hybridized carbons (Fsp3) is 0.900. The molecular weight excluding hydrogens is 198 g/mol. The number of aliphatic hydroxyl groups excluding tert-OH is 2. The molecule has 2 atom stereocenters. The molecule has 0 aromatic rings. The summed E-state index contributed by atoms with van der Waals surface area (Å²) in [6.07, 6.45) is 1.05. The molecule has 5 heteroatoms. The van der Waals surface area contributed by atoms with Crippen molar-refractivity contribution in [2.75, 3.05) is 6.54 Å². The Labute approximate surface area is 90.3 Å². The first-order valence-electron chi connectivity index (χ1n) is 5.29. The average molecular weight is 219 g/mol. The lowest BCUT2D eigenvalue weighted by atomic mass is 10.2. The maximum atomic E-state index is 10.2. The molecule has 3 N–H and O–H groups in total. The Morgan fingerprint density at radius 3 is 2.07 bits per heavy atom. The monoisotopic (exact) mass is 219 g/mol. The Kier molecular flexibility index (Phi) is 7.29. The van der Waals surface area contributed by atoms with E-state index in [0.29, 0.717) is 13.0 Å². The van der Waals surface area contributed by atoms with Crippen LogP contribution in [0.3, 0.4) is 0 Å². The number of carbonyl (C=O) groups is 1. The van der Waals surface area contributed by atoms with E-state index in [1.54, 1.807) is 18.7 Å². The Balaban J connectivity index is 3.59. The van der Waals surface area contributed by atoms with Crippen LogP contribution in [-0.2, 0) is 4.79 Å². The summed E-state index contributed by atoms with van der Waals surface area (Å²) in [6.45, 7) is 3.78. The fourth-order valence-electron chi connectivity index (χ4n) is 1.43. The average Bonchev–Trinajstić information content (AvgIpc) is 2.08. The van der Waals surface area contributed by atoms with E-state index in [2.05, 4.69) is 0 Å². The van der Waals surface area contributed by atoms with Crippen LogP contribution >= 0.6 is 0 Å². The minimum Gasteiger partial charge on any atom is -0.481 e. The summed E-state index contributed by atoms with van der Waals surface area (Å²) < 4.78 is 0. The van der Waals surface area contributed by atoms with Crippen molar-refractivity contribution in [2.45, 2.75) is 52.0 Å². The summed E-state index contributed by atoms with van der Waals surface area (Å²) in [5.41, 5.74) is 0. The van der Waals surface area contributed by atoms with Crippen molar-refractivity contribution in [1.29, 1.82) is 0 Å². The molecule has 5 nitrogen and oxygen atoms in total. The van der Waals surface area contributed by atoms with Gasteiger partial charge in [-0.25, -0.2) is 0 Å². The number of aliphatic carboxylic acids is 1. The Bertz CT molecular complexity index is 174. The van der Waals surface area contributed by atoms with Gasteiger partial charge in [0.25, 0.3) is 0 Å². The van der Waals surface area contributed by atoms with E-state index in [1.807, 2.05) is 0 Å². The number of unbranched alkanes of at least 4 members (excludes halogenated alkanes) is 2. The molecule has 0 bridgehead atoms. The second kappa shape index (κ2) is 7.62. The van der Waals surface area contributed by atoms with Crippen LogP contribution in [0.1, 0.15) is 39.5 Å². The number of aliphatic hydroxyl groups is 2. The lowest BCUT2D eigenvalue weighted by Gasteiger charge is -2.27. The van der Waals surface area contributed by atoms with Crippen LogP contribution in [0.2, 0.25) is 0 Å². The van der Waals surface area contributed by atoms with Crippen LogP contribution in [0.5, 0.6) is 0 Å². The Hall–Kier alpha value is -0.650. The van der Waals surface area contributed by atoms with E-state index in [4.69, 9.17) is 5.11 Å². The molecule has 0 rings (SSSR count). The van der Waals surface area contributed by atoms with Crippen LogP contribution < -0.4 is 0 Å². The van der Waals surface area contributed by atoms with Crippen LogP contribution in [0, 0.1) is 0 Å². The predicted octanol–water partition coefficient (Wildman–Crippen LogP) is 0.610. The molecule has 0 aliphatic carbocycles. The highest BCUT2D eigenvalue weighted by Gasteiger charge is 2.14. The van der Waals surface area contributed by atoms with Crippen LogP contribution in [0.25, 0.3) is 0 Å². The minimum absolute atomic E-state index is 0.184. The summed E-state index contributed by atoms with van der Waals surface area (Å²) in [5.74, 6) is -0.780. The molecule has 15 heavy (non-hydrogen) atoms. The van der Waals surface area contributed by atoms with Gasteiger partial charge in [0.1, 0.15) is 12.5 Å². The second-order valence-electron chi connectivity index (χ2n) is 3.71. The van der Waals surface area contributed by atoms with Crippen molar-refractivity contribution in [3.63, 3.8) is 0 Å². The molecule has 0 saturated heterocycles. The van der Waals surface area contributed by atoms with E-state index in [1.165, 1.54) is 0 Å². The van der Waals surface area contributed by atoms with Crippen molar-refractivity contribution in [3.05, 3.63) is 0 Å². The molecule has 2 unspecified atom stereocenters. The molecule has 0 heterocycles. The highest BCUT2D eigenvalue weighted by molar-refractivity contribution is 5.66. The smallest absolute Gasteiger partial charge is 0.303 e. The molecule has 0 amide bonds. The number of hydrogen-bond donors (Lipinski definition) is 3. The molecule has 0 aliphatic rings. The topological polar surface area (TPSA) is 81.0 Å². The van der Waals surface area contributed by atoms with Gasteiger partial charge in [-0.05, 0) is 26.7 Å². The quantitative estimate of drug-likeness (QED) is 0.411. The van der Waals surface area contributed by atoms with Gasteiger partial charge in [0.05, 0.1) is 0 Å². The van der Waals surface area contributed by atoms with Gasteiger partial charge in [0.15, 0.2) is 0 Å². The van der Waals surface area contributed by atoms with Crippen molar-refractivity contribution < 1.29 is 20.1 Å². The normalized spacial score (nSPS) is 15.3. The standard InChI is InChI=1S/C10H21NO4/c1-8(12)11(9(2)13)7-5-3-4-6-10(14)15/h8-9,12-13H,3-7H2,1-2H3,(H,14,15). The van der Waals surface area contributed by atoms with Gasteiger partial charge in [-0.2, -0.15) is 0 Å². The predicted molar refractivity (Wildman–Crippen MR) is 56.2 cm³/mol. The zero-order valence-electron chi connectivity index (χ0n) is 9.39. The summed E-state index contributed by atoms with van der Waals surface area (Å²) in [7, 11) is 0. The van der Waals surface area contributed by atoms with Gasteiger partial charge >= 0.3 is 5.97 Å². The first kappa shape index (κ1) is 14.3.